The molecule has 0 radical (unpaired) electrons. The molecule has 26 heavy (non-hydrogen) atoms. The number of hydrogen-bond donors (Lipinski definition) is 1. The number of pyridine rings is 1. The van der Waals surface area contributed by atoms with Crippen molar-refractivity contribution in [3.8, 4) is 0 Å². The van der Waals surface area contributed by atoms with E-state index in [2.05, 4.69) is 14.7 Å². The number of halogens is 5. The zero-order valence-corrected chi connectivity index (χ0v) is 14.5. The van der Waals surface area contributed by atoms with Gasteiger partial charge in [-0.2, -0.15) is 0 Å². The number of alkyl halides is 3. The van der Waals surface area contributed by atoms with Crippen molar-refractivity contribution >= 4 is 33.5 Å². The van der Waals surface area contributed by atoms with E-state index >= 15 is 0 Å². The summed E-state index contributed by atoms with van der Waals surface area (Å²) in [5.41, 5.74) is -0.538. The number of benzene rings is 1. The van der Waals surface area contributed by atoms with Crippen molar-refractivity contribution in [3.63, 3.8) is 0 Å². The summed E-state index contributed by atoms with van der Waals surface area (Å²) in [5.74, 6) is -0.616. The van der Waals surface area contributed by atoms with Gasteiger partial charge in [-0.1, -0.05) is 11.6 Å². The predicted molar refractivity (Wildman–Crippen MR) is 87.1 cm³/mol. The highest BCUT2D eigenvalue weighted by Crippen LogP contribution is 2.32. The van der Waals surface area contributed by atoms with Gasteiger partial charge in [0.15, 0.2) is 5.15 Å². The fourth-order valence-electron chi connectivity index (χ4n) is 2.69. The lowest BCUT2D eigenvalue weighted by molar-refractivity contribution is -0.331. The van der Waals surface area contributed by atoms with Crippen LogP contribution in [0.2, 0.25) is 5.15 Å². The summed E-state index contributed by atoms with van der Waals surface area (Å²) in [6, 6.07) is 3.80. The molecule has 5 nitrogen and oxygen atoms in total. The molecule has 10 heteroatoms. The van der Waals surface area contributed by atoms with Crippen LogP contribution < -0.4 is 0 Å². The number of aliphatic hydroxyl groups is 1. The Morgan fingerprint density at radius 2 is 1.92 bits per heavy atom. The monoisotopic (exact) mass is 391 g/mol. The minimum absolute atomic E-state index is 0.0765. The lowest BCUT2D eigenvalue weighted by Crippen LogP contribution is -2.27. The lowest BCUT2D eigenvalue weighted by atomic mass is 10.1. The summed E-state index contributed by atoms with van der Waals surface area (Å²) in [6.45, 7) is 2.05. The third-order valence-electron chi connectivity index (χ3n) is 3.59. The van der Waals surface area contributed by atoms with Gasteiger partial charge in [0, 0.05) is 11.5 Å². The second-order valence-corrected chi connectivity index (χ2v) is 6.78. The smallest absolute Gasteiger partial charge is 0.389 e. The topological polar surface area (TPSA) is 60.2 Å². The average Bonchev–Trinajstić information content (AvgIpc) is 2.82. The first-order valence-corrected chi connectivity index (χ1v) is 7.89. The number of rotatable bonds is 4. The van der Waals surface area contributed by atoms with Crippen molar-refractivity contribution in [3.05, 3.63) is 35.0 Å². The first kappa shape index (κ1) is 18.8. The number of fused-ring (bicyclic) bond motifs is 3. The number of imidazole rings is 1. The summed E-state index contributed by atoms with van der Waals surface area (Å²) < 4.78 is 56.1. The third kappa shape index (κ3) is 3.89. The van der Waals surface area contributed by atoms with Crippen molar-refractivity contribution in [2.45, 2.75) is 39.0 Å². The van der Waals surface area contributed by atoms with Crippen molar-refractivity contribution < 1.29 is 27.4 Å². The first-order chi connectivity index (χ1) is 11.9. The molecule has 0 aliphatic rings. The Morgan fingerprint density at radius 3 is 2.54 bits per heavy atom. The molecule has 0 unspecified atom stereocenters. The largest absolute Gasteiger partial charge is 0.522 e. The predicted octanol–water partition coefficient (Wildman–Crippen LogP) is 4.18. The van der Waals surface area contributed by atoms with Gasteiger partial charge in [0.05, 0.1) is 23.2 Å². The van der Waals surface area contributed by atoms with Crippen LogP contribution >= 0.6 is 11.6 Å². The van der Waals surface area contributed by atoms with E-state index in [9.17, 15) is 22.7 Å². The number of ether oxygens (including phenoxy) is 1. The van der Waals surface area contributed by atoms with Gasteiger partial charge in [-0.15, -0.1) is 13.2 Å². The highest BCUT2D eigenvalue weighted by atomic mass is 35.5. The summed E-state index contributed by atoms with van der Waals surface area (Å²) in [5, 5.41) is 10.5. The fourth-order valence-corrected chi connectivity index (χ4v) is 2.91. The van der Waals surface area contributed by atoms with E-state index in [0.717, 1.165) is 6.07 Å². The number of aromatic nitrogens is 3. The maximum Gasteiger partial charge on any atom is 0.522 e. The second-order valence-electron chi connectivity index (χ2n) is 6.42. The maximum atomic E-state index is 13.5. The molecular weight excluding hydrogens is 378 g/mol. The Labute approximate surface area is 150 Å². The second kappa shape index (κ2) is 6.33. The van der Waals surface area contributed by atoms with Crippen LogP contribution in [0.4, 0.5) is 17.6 Å². The van der Waals surface area contributed by atoms with Crippen molar-refractivity contribution in [1.82, 2.24) is 14.5 Å². The molecule has 0 atom stereocenters. The SMILES string of the molecule is CC(C)(O)Cn1c(COC(F)(F)F)nc2c(Cl)nc3cc(F)ccc3c21. The molecule has 2 aromatic heterocycles. The molecular formula is C16H14ClF4N3O2. The van der Waals surface area contributed by atoms with E-state index in [1.54, 1.807) is 0 Å². The van der Waals surface area contributed by atoms with Crippen molar-refractivity contribution in [1.29, 1.82) is 0 Å². The van der Waals surface area contributed by atoms with E-state index < -0.39 is 24.4 Å². The number of nitrogens with zero attached hydrogens (tertiary/aromatic N) is 3. The van der Waals surface area contributed by atoms with E-state index in [1.807, 2.05) is 0 Å². The molecule has 0 amide bonds. The van der Waals surface area contributed by atoms with E-state index in [1.165, 1.54) is 30.5 Å². The van der Waals surface area contributed by atoms with Gasteiger partial charge < -0.3 is 9.67 Å². The molecule has 3 aromatic rings. The highest BCUT2D eigenvalue weighted by molar-refractivity contribution is 6.35. The number of hydrogen-bond acceptors (Lipinski definition) is 4. The van der Waals surface area contributed by atoms with Gasteiger partial charge in [0.25, 0.3) is 0 Å². The van der Waals surface area contributed by atoms with E-state index in [-0.39, 0.29) is 28.6 Å². The van der Waals surface area contributed by atoms with Crippen molar-refractivity contribution in [2.75, 3.05) is 0 Å². The van der Waals surface area contributed by atoms with Gasteiger partial charge in [-0.05, 0) is 26.0 Å². The van der Waals surface area contributed by atoms with Crippen LogP contribution in [0.15, 0.2) is 18.2 Å². The van der Waals surface area contributed by atoms with Crippen LogP contribution in [0, 0.1) is 5.82 Å². The molecule has 0 aliphatic carbocycles. The molecule has 140 valence electrons. The van der Waals surface area contributed by atoms with Gasteiger partial charge >= 0.3 is 6.36 Å². The van der Waals surface area contributed by atoms with Gasteiger partial charge in [-0.3, -0.25) is 4.74 Å². The molecule has 0 saturated heterocycles. The standard InChI is InChI=1S/C16H14ClF4N3O2/c1-15(2,25)7-24-11(6-26-16(19,20)21)23-12-13(24)9-4-3-8(18)5-10(9)22-14(12)17/h3-5,25H,6-7H2,1-2H3. The molecule has 1 aromatic carbocycles. The summed E-state index contributed by atoms with van der Waals surface area (Å²) in [4.78, 5) is 8.16. The van der Waals surface area contributed by atoms with Gasteiger partial charge in [0.2, 0.25) is 0 Å². The molecule has 2 heterocycles. The van der Waals surface area contributed by atoms with Gasteiger partial charge in [-0.25, -0.2) is 14.4 Å². The minimum atomic E-state index is -4.84. The zero-order chi connectivity index (χ0) is 19.3. The van der Waals surface area contributed by atoms with Gasteiger partial charge in [0.1, 0.15) is 23.8 Å². The highest BCUT2D eigenvalue weighted by Gasteiger charge is 2.31. The van der Waals surface area contributed by atoms with E-state index in [4.69, 9.17) is 11.6 Å². The zero-order valence-electron chi connectivity index (χ0n) is 13.7. The fraction of sp³-hybridized carbons (Fsp3) is 0.375. The van der Waals surface area contributed by atoms with Crippen LogP contribution in [-0.4, -0.2) is 31.6 Å². The maximum absolute atomic E-state index is 13.5. The Hall–Kier alpha value is -1.97. The quantitative estimate of drug-likeness (QED) is 0.535. The average molecular weight is 392 g/mol. The van der Waals surface area contributed by atoms with E-state index in [0.29, 0.717) is 10.9 Å². The molecule has 3 rings (SSSR count). The summed E-state index contributed by atoms with van der Waals surface area (Å²) >= 11 is 6.10. The van der Waals surface area contributed by atoms with Crippen LogP contribution in [0.1, 0.15) is 19.7 Å². The van der Waals surface area contributed by atoms with Crippen LogP contribution in [0.5, 0.6) is 0 Å². The van der Waals surface area contributed by atoms with Crippen molar-refractivity contribution in [2.24, 2.45) is 0 Å². The summed E-state index contributed by atoms with van der Waals surface area (Å²) in [6.07, 6.45) is -4.84. The minimum Gasteiger partial charge on any atom is -0.389 e. The Kier molecular flexibility index (Phi) is 4.58. The molecule has 0 fully saturated rings. The first-order valence-electron chi connectivity index (χ1n) is 7.51. The normalized spacial score (nSPS) is 13.1. The summed E-state index contributed by atoms with van der Waals surface area (Å²) in [7, 11) is 0. The molecule has 0 spiro atoms. The molecule has 0 bridgehead atoms. The molecule has 0 aliphatic heterocycles. The Balaban J connectivity index is 2.28. The van der Waals surface area contributed by atoms with Crippen LogP contribution in [-0.2, 0) is 17.9 Å². The van der Waals surface area contributed by atoms with Crippen LogP contribution in [0.25, 0.3) is 21.9 Å². The Bertz CT molecular complexity index is 980. The Morgan fingerprint density at radius 1 is 1.23 bits per heavy atom. The molecule has 0 saturated carbocycles. The lowest BCUT2D eigenvalue weighted by Gasteiger charge is -2.21. The van der Waals surface area contributed by atoms with Crippen LogP contribution in [0.3, 0.4) is 0 Å². The third-order valence-corrected chi connectivity index (χ3v) is 3.85. The molecule has 1 N–H and O–H groups in total.